The Morgan fingerprint density at radius 3 is 2.80 bits per heavy atom. The zero-order valence-electron chi connectivity index (χ0n) is 9.03. The Balaban J connectivity index is 2.78. The van der Waals surface area contributed by atoms with E-state index in [1.165, 1.54) is 12.5 Å². The van der Waals surface area contributed by atoms with Crippen molar-refractivity contribution < 1.29 is 19.1 Å². The smallest absolute Gasteiger partial charge is 0.411 e. The molecule has 1 aromatic rings. The first-order valence-corrected chi connectivity index (χ1v) is 4.68. The van der Waals surface area contributed by atoms with E-state index in [2.05, 4.69) is 5.32 Å². The van der Waals surface area contributed by atoms with Gasteiger partial charge in [-0.3, -0.25) is 5.32 Å². The van der Waals surface area contributed by atoms with Crippen molar-refractivity contribution in [3.8, 4) is 0 Å². The van der Waals surface area contributed by atoms with E-state index < -0.39 is 11.7 Å². The third-order valence-corrected chi connectivity index (χ3v) is 1.83. The van der Waals surface area contributed by atoms with E-state index in [0.29, 0.717) is 17.9 Å². The molecule has 0 aromatic carbocycles. The van der Waals surface area contributed by atoms with Gasteiger partial charge in [0, 0.05) is 5.56 Å². The van der Waals surface area contributed by atoms with Gasteiger partial charge in [0.05, 0.1) is 24.2 Å². The van der Waals surface area contributed by atoms with Crippen LogP contribution in [-0.2, 0) is 10.3 Å². The minimum Gasteiger partial charge on any atom is -0.470 e. The Morgan fingerprint density at radius 2 is 2.27 bits per heavy atom. The van der Waals surface area contributed by atoms with Crippen LogP contribution < -0.4 is 5.32 Å². The average molecular weight is 213 g/mol. The van der Waals surface area contributed by atoms with Gasteiger partial charge in [-0.2, -0.15) is 0 Å². The van der Waals surface area contributed by atoms with E-state index in [9.17, 15) is 9.90 Å². The van der Waals surface area contributed by atoms with Crippen molar-refractivity contribution in [3.05, 3.63) is 18.1 Å². The van der Waals surface area contributed by atoms with Crippen LogP contribution in [0.4, 0.5) is 10.5 Å². The fourth-order valence-electron chi connectivity index (χ4n) is 1.14. The van der Waals surface area contributed by atoms with Crippen LogP contribution in [0.2, 0.25) is 0 Å². The maximum absolute atomic E-state index is 11.1. The summed E-state index contributed by atoms with van der Waals surface area (Å²) in [6, 6.07) is 0. The van der Waals surface area contributed by atoms with Gasteiger partial charge < -0.3 is 14.3 Å². The second-order valence-corrected chi connectivity index (χ2v) is 3.60. The monoisotopic (exact) mass is 213 g/mol. The number of hydrogen-bond acceptors (Lipinski definition) is 4. The number of aliphatic hydroxyl groups is 1. The summed E-state index contributed by atoms with van der Waals surface area (Å²) in [5, 5.41) is 12.2. The predicted octanol–water partition coefficient (Wildman–Crippen LogP) is 2.08. The summed E-state index contributed by atoms with van der Waals surface area (Å²) >= 11 is 0. The van der Waals surface area contributed by atoms with Gasteiger partial charge in [-0.25, -0.2) is 4.79 Å². The molecule has 5 heteroatoms. The number of hydrogen-bond donors (Lipinski definition) is 2. The highest BCUT2D eigenvalue weighted by Gasteiger charge is 2.23. The van der Waals surface area contributed by atoms with E-state index in [1.807, 2.05) is 0 Å². The molecule has 0 fully saturated rings. The van der Waals surface area contributed by atoms with Gasteiger partial charge in [0.15, 0.2) is 0 Å². The zero-order valence-corrected chi connectivity index (χ0v) is 9.03. The second kappa shape index (κ2) is 4.35. The van der Waals surface area contributed by atoms with Gasteiger partial charge in [0.2, 0.25) is 0 Å². The topological polar surface area (TPSA) is 71.7 Å². The van der Waals surface area contributed by atoms with Crippen molar-refractivity contribution >= 4 is 11.8 Å². The maximum atomic E-state index is 11.1. The summed E-state index contributed by atoms with van der Waals surface area (Å²) in [7, 11) is 0. The maximum Gasteiger partial charge on any atom is 0.411 e. The summed E-state index contributed by atoms with van der Waals surface area (Å²) < 4.78 is 9.63. The molecule has 0 atom stereocenters. The Kier molecular flexibility index (Phi) is 3.36. The van der Waals surface area contributed by atoms with E-state index in [0.717, 1.165) is 0 Å². The molecule has 0 saturated heterocycles. The fourth-order valence-corrected chi connectivity index (χ4v) is 1.14. The van der Waals surface area contributed by atoms with Crippen molar-refractivity contribution in [2.75, 3.05) is 11.9 Å². The van der Waals surface area contributed by atoms with Gasteiger partial charge in [-0.05, 0) is 20.8 Å². The van der Waals surface area contributed by atoms with Crippen molar-refractivity contribution in [1.82, 2.24) is 0 Å². The largest absolute Gasteiger partial charge is 0.470 e. The molecule has 84 valence electrons. The van der Waals surface area contributed by atoms with Crippen LogP contribution >= 0.6 is 0 Å². The number of ether oxygens (including phenoxy) is 1. The van der Waals surface area contributed by atoms with E-state index in [-0.39, 0.29) is 0 Å². The molecule has 0 saturated carbocycles. The van der Waals surface area contributed by atoms with Crippen LogP contribution in [0, 0.1) is 0 Å². The lowest BCUT2D eigenvalue weighted by molar-refractivity contribution is 0.0785. The summed E-state index contributed by atoms with van der Waals surface area (Å²) in [6.07, 6.45) is 2.18. The first-order valence-electron chi connectivity index (χ1n) is 4.68. The average Bonchev–Trinajstić information content (AvgIpc) is 2.51. The highest BCUT2D eigenvalue weighted by atomic mass is 16.5. The lowest BCUT2D eigenvalue weighted by atomic mass is 10.0. The highest BCUT2D eigenvalue weighted by Crippen LogP contribution is 2.28. The minimum atomic E-state index is -1.07. The minimum absolute atomic E-state index is 0.293. The standard InChI is InChI=1S/C10H15NO4/c1-4-15-9(12)11-8-6-14-5-7(8)10(2,3)13/h5-6,13H,4H2,1-3H3,(H,11,12). The number of rotatable bonds is 3. The molecule has 0 spiro atoms. The number of furan rings is 1. The molecule has 5 nitrogen and oxygen atoms in total. The molecule has 1 heterocycles. The molecule has 0 unspecified atom stereocenters. The molecule has 0 aliphatic heterocycles. The third-order valence-electron chi connectivity index (χ3n) is 1.83. The molecule has 15 heavy (non-hydrogen) atoms. The quantitative estimate of drug-likeness (QED) is 0.806. The lowest BCUT2D eigenvalue weighted by Crippen LogP contribution is -2.19. The molecule has 0 radical (unpaired) electrons. The summed E-state index contributed by atoms with van der Waals surface area (Å²) in [5.74, 6) is 0. The van der Waals surface area contributed by atoms with Crippen LogP contribution in [0.25, 0.3) is 0 Å². The number of carbonyl (C=O) groups is 1. The highest BCUT2D eigenvalue weighted by molar-refractivity contribution is 5.85. The molecule has 0 aliphatic rings. The molecular weight excluding hydrogens is 198 g/mol. The molecule has 1 rings (SSSR count). The zero-order chi connectivity index (χ0) is 11.5. The van der Waals surface area contributed by atoms with Crippen molar-refractivity contribution in [2.24, 2.45) is 0 Å². The van der Waals surface area contributed by atoms with Crippen LogP contribution in [0.1, 0.15) is 26.3 Å². The van der Waals surface area contributed by atoms with Crippen molar-refractivity contribution in [3.63, 3.8) is 0 Å². The summed E-state index contributed by atoms with van der Waals surface area (Å²) in [6.45, 7) is 5.22. The Bertz CT molecular complexity index is 337. The molecule has 1 aromatic heterocycles. The van der Waals surface area contributed by atoms with Crippen LogP contribution in [0.15, 0.2) is 16.9 Å². The van der Waals surface area contributed by atoms with Gasteiger partial charge in [0.25, 0.3) is 0 Å². The summed E-state index contributed by atoms with van der Waals surface area (Å²) in [5.41, 5.74) is -0.140. The molecule has 2 N–H and O–H groups in total. The Hall–Kier alpha value is -1.49. The van der Waals surface area contributed by atoms with E-state index >= 15 is 0 Å². The lowest BCUT2D eigenvalue weighted by Gasteiger charge is -2.17. The van der Waals surface area contributed by atoms with Crippen LogP contribution in [0.5, 0.6) is 0 Å². The third kappa shape index (κ3) is 2.99. The fraction of sp³-hybridized carbons (Fsp3) is 0.500. The van der Waals surface area contributed by atoms with E-state index in [1.54, 1.807) is 20.8 Å². The molecular formula is C10H15NO4. The van der Waals surface area contributed by atoms with Crippen molar-refractivity contribution in [1.29, 1.82) is 0 Å². The van der Waals surface area contributed by atoms with Gasteiger partial charge in [-0.15, -0.1) is 0 Å². The first kappa shape index (κ1) is 11.6. The van der Waals surface area contributed by atoms with Gasteiger partial charge >= 0.3 is 6.09 Å². The van der Waals surface area contributed by atoms with Crippen LogP contribution in [0.3, 0.4) is 0 Å². The number of nitrogens with one attached hydrogen (secondary N) is 1. The van der Waals surface area contributed by atoms with E-state index in [4.69, 9.17) is 9.15 Å². The first-order chi connectivity index (χ1) is 6.95. The van der Waals surface area contributed by atoms with Gasteiger partial charge in [0.1, 0.15) is 6.26 Å². The Labute approximate surface area is 88.0 Å². The number of amides is 1. The SMILES string of the molecule is CCOC(=O)Nc1cocc1C(C)(C)O. The number of anilines is 1. The Morgan fingerprint density at radius 1 is 1.60 bits per heavy atom. The van der Waals surface area contributed by atoms with Crippen LogP contribution in [-0.4, -0.2) is 17.8 Å². The molecule has 1 amide bonds. The summed E-state index contributed by atoms with van der Waals surface area (Å²) in [4.78, 5) is 11.1. The predicted molar refractivity (Wildman–Crippen MR) is 54.6 cm³/mol. The molecule has 0 bridgehead atoms. The normalized spacial score (nSPS) is 11.2. The molecule has 0 aliphatic carbocycles. The second-order valence-electron chi connectivity index (χ2n) is 3.60. The number of carbonyl (C=O) groups excluding carboxylic acids is 1. The van der Waals surface area contributed by atoms with Gasteiger partial charge in [-0.1, -0.05) is 0 Å². The van der Waals surface area contributed by atoms with Crippen molar-refractivity contribution in [2.45, 2.75) is 26.4 Å².